The van der Waals surface area contributed by atoms with Crippen LogP contribution in [0.3, 0.4) is 0 Å². The summed E-state index contributed by atoms with van der Waals surface area (Å²) in [5.74, 6) is -0.288. The van der Waals surface area contributed by atoms with Crippen LogP contribution in [0.1, 0.15) is 43.5 Å². The largest absolute Gasteiger partial charge is 0.332 e. The highest BCUT2D eigenvalue weighted by Crippen LogP contribution is 2.16. The van der Waals surface area contributed by atoms with Crippen molar-refractivity contribution in [1.82, 2.24) is 15.6 Å². The van der Waals surface area contributed by atoms with E-state index in [0.29, 0.717) is 0 Å². The molecule has 1 aromatic heterocycles. The fourth-order valence-corrected chi connectivity index (χ4v) is 2.25. The standard InChI is InChI=1S/C17H20FN3O/c1-3-16(14-8-10-19-11-9-14)21-17(22)20-12(2)13-4-6-15(18)7-5-13/h4-12,16H,3H2,1-2H3,(H2,20,21,22)/t12-,16+/m0/s1. The van der Waals surface area contributed by atoms with E-state index in [1.165, 1.54) is 12.1 Å². The summed E-state index contributed by atoms with van der Waals surface area (Å²) in [6.45, 7) is 3.87. The van der Waals surface area contributed by atoms with Crippen LogP contribution in [0.4, 0.5) is 9.18 Å². The first kappa shape index (κ1) is 15.9. The number of urea groups is 1. The normalized spacial score (nSPS) is 13.2. The van der Waals surface area contributed by atoms with Gasteiger partial charge in [-0.25, -0.2) is 9.18 Å². The lowest BCUT2D eigenvalue weighted by Gasteiger charge is -2.20. The van der Waals surface area contributed by atoms with Crippen molar-refractivity contribution in [3.8, 4) is 0 Å². The van der Waals surface area contributed by atoms with Gasteiger partial charge in [0.15, 0.2) is 0 Å². The molecule has 0 spiro atoms. The summed E-state index contributed by atoms with van der Waals surface area (Å²) in [5, 5.41) is 5.81. The highest BCUT2D eigenvalue weighted by molar-refractivity contribution is 5.75. The molecule has 1 heterocycles. The van der Waals surface area contributed by atoms with Gasteiger partial charge in [-0.2, -0.15) is 0 Å². The third-order valence-corrected chi connectivity index (χ3v) is 3.54. The summed E-state index contributed by atoms with van der Waals surface area (Å²) in [6.07, 6.45) is 4.19. The Kier molecular flexibility index (Phi) is 5.47. The molecule has 0 radical (unpaired) electrons. The molecule has 116 valence electrons. The van der Waals surface area contributed by atoms with E-state index in [-0.39, 0.29) is 23.9 Å². The van der Waals surface area contributed by atoms with Gasteiger partial charge >= 0.3 is 6.03 Å². The molecule has 4 nitrogen and oxygen atoms in total. The van der Waals surface area contributed by atoms with Gasteiger partial charge < -0.3 is 10.6 Å². The molecule has 0 unspecified atom stereocenters. The Morgan fingerprint density at radius 2 is 1.73 bits per heavy atom. The van der Waals surface area contributed by atoms with Gasteiger partial charge in [-0.05, 0) is 48.7 Å². The maximum Gasteiger partial charge on any atom is 0.315 e. The number of halogens is 1. The first-order valence-corrected chi connectivity index (χ1v) is 7.32. The first-order chi connectivity index (χ1) is 10.6. The maximum absolute atomic E-state index is 12.9. The lowest BCUT2D eigenvalue weighted by Crippen LogP contribution is -2.39. The number of amides is 2. The zero-order valence-corrected chi connectivity index (χ0v) is 12.7. The van der Waals surface area contributed by atoms with E-state index >= 15 is 0 Å². The van der Waals surface area contributed by atoms with Gasteiger partial charge in [0, 0.05) is 12.4 Å². The van der Waals surface area contributed by atoms with E-state index in [1.54, 1.807) is 24.5 Å². The number of rotatable bonds is 5. The number of nitrogens with one attached hydrogen (secondary N) is 2. The number of hydrogen-bond acceptors (Lipinski definition) is 2. The van der Waals surface area contributed by atoms with Crippen LogP contribution in [-0.2, 0) is 0 Å². The minimum absolute atomic E-state index is 0.0663. The summed E-state index contributed by atoms with van der Waals surface area (Å²) in [7, 11) is 0. The van der Waals surface area contributed by atoms with Crippen LogP contribution in [0.5, 0.6) is 0 Å². The van der Waals surface area contributed by atoms with Crippen molar-refractivity contribution in [3.63, 3.8) is 0 Å². The topological polar surface area (TPSA) is 54.0 Å². The third-order valence-electron chi connectivity index (χ3n) is 3.54. The van der Waals surface area contributed by atoms with Crippen LogP contribution in [0.15, 0.2) is 48.8 Å². The number of carbonyl (C=O) groups is 1. The predicted molar refractivity (Wildman–Crippen MR) is 83.8 cm³/mol. The molecule has 1 aromatic carbocycles. The lowest BCUT2D eigenvalue weighted by atomic mass is 10.1. The molecule has 2 N–H and O–H groups in total. The van der Waals surface area contributed by atoms with Crippen molar-refractivity contribution >= 4 is 6.03 Å². The Labute approximate surface area is 129 Å². The molecule has 0 bridgehead atoms. The minimum Gasteiger partial charge on any atom is -0.332 e. The van der Waals surface area contributed by atoms with Crippen molar-refractivity contribution < 1.29 is 9.18 Å². The molecular formula is C17H20FN3O. The molecule has 0 aliphatic carbocycles. The number of carbonyl (C=O) groups excluding carboxylic acids is 1. The molecule has 2 aromatic rings. The summed E-state index contributed by atoms with van der Waals surface area (Å²) in [4.78, 5) is 16.1. The molecule has 0 aliphatic rings. The van der Waals surface area contributed by atoms with E-state index in [2.05, 4.69) is 15.6 Å². The van der Waals surface area contributed by atoms with Gasteiger partial charge in [-0.3, -0.25) is 4.98 Å². The fourth-order valence-electron chi connectivity index (χ4n) is 2.25. The average Bonchev–Trinajstić information content (AvgIpc) is 2.54. The van der Waals surface area contributed by atoms with Gasteiger partial charge in [-0.1, -0.05) is 19.1 Å². The van der Waals surface area contributed by atoms with Crippen LogP contribution < -0.4 is 10.6 Å². The molecule has 0 saturated carbocycles. The molecule has 2 atom stereocenters. The summed E-state index contributed by atoms with van der Waals surface area (Å²) >= 11 is 0. The Morgan fingerprint density at radius 3 is 2.32 bits per heavy atom. The number of nitrogens with zero attached hydrogens (tertiary/aromatic N) is 1. The quantitative estimate of drug-likeness (QED) is 0.884. The van der Waals surface area contributed by atoms with Crippen molar-refractivity contribution in [2.75, 3.05) is 0 Å². The van der Waals surface area contributed by atoms with Crippen LogP contribution in [0.2, 0.25) is 0 Å². The molecule has 0 saturated heterocycles. The van der Waals surface area contributed by atoms with Crippen LogP contribution >= 0.6 is 0 Å². The first-order valence-electron chi connectivity index (χ1n) is 7.32. The smallest absolute Gasteiger partial charge is 0.315 e. The third kappa shape index (κ3) is 4.28. The van der Waals surface area contributed by atoms with E-state index in [1.807, 2.05) is 26.0 Å². The van der Waals surface area contributed by atoms with Gasteiger partial charge in [0.05, 0.1) is 12.1 Å². The molecule has 22 heavy (non-hydrogen) atoms. The average molecular weight is 301 g/mol. The summed E-state index contributed by atoms with van der Waals surface area (Å²) in [5.41, 5.74) is 1.87. The molecule has 0 aliphatic heterocycles. The molecule has 0 fully saturated rings. The fraction of sp³-hybridized carbons (Fsp3) is 0.294. The van der Waals surface area contributed by atoms with E-state index in [0.717, 1.165) is 17.5 Å². The van der Waals surface area contributed by atoms with Crippen LogP contribution in [0.25, 0.3) is 0 Å². The Morgan fingerprint density at radius 1 is 1.09 bits per heavy atom. The van der Waals surface area contributed by atoms with Crippen molar-refractivity contribution in [3.05, 3.63) is 65.7 Å². The number of benzene rings is 1. The second-order valence-corrected chi connectivity index (χ2v) is 5.13. The maximum atomic E-state index is 12.9. The van der Waals surface area contributed by atoms with E-state index in [9.17, 15) is 9.18 Å². The van der Waals surface area contributed by atoms with Gasteiger partial charge in [0.2, 0.25) is 0 Å². The highest BCUT2D eigenvalue weighted by atomic mass is 19.1. The number of hydrogen-bond donors (Lipinski definition) is 2. The SMILES string of the molecule is CC[C@@H](NC(=O)N[C@@H](C)c1ccc(F)cc1)c1ccncc1. The predicted octanol–water partition coefficient (Wildman–Crippen LogP) is 3.73. The monoisotopic (exact) mass is 301 g/mol. The van der Waals surface area contributed by atoms with Crippen molar-refractivity contribution in [1.29, 1.82) is 0 Å². The van der Waals surface area contributed by atoms with Gasteiger partial charge in [0.25, 0.3) is 0 Å². The van der Waals surface area contributed by atoms with E-state index in [4.69, 9.17) is 0 Å². The summed E-state index contributed by atoms with van der Waals surface area (Å²) < 4.78 is 12.9. The number of aromatic nitrogens is 1. The second-order valence-electron chi connectivity index (χ2n) is 5.13. The lowest BCUT2D eigenvalue weighted by molar-refractivity contribution is 0.233. The number of pyridine rings is 1. The van der Waals surface area contributed by atoms with Gasteiger partial charge in [-0.15, -0.1) is 0 Å². The van der Waals surface area contributed by atoms with Crippen molar-refractivity contribution in [2.24, 2.45) is 0 Å². The second kappa shape index (κ2) is 7.54. The minimum atomic E-state index is -0.288. The zero-order valence-electron chi connectivity index (χ0n) is 12.7. The van der Waals surface area contributed by atoms with Crippen LogP contribution in [0, 0.1) is 5.82 Å². The molecular weight excluding hydrogens is 281 g/mol. The Hall–Kier alpha value is -2.43. The molecule has 2 amide bonds. The van der Waals surface area contributed by atoms with Crippen LogP contribution in [-0.4, -0.2) is 11.0 Å². The Balaban J connectivity index is 1.95. The molecule has 5 heteroatoms. The van der Waals surface area contributed by atoms with Gasteiger partial charge in [0.1, 0.15) is 5.82 Å². The van der Waals surface area contributed by atoms with E-state index < -0.39 is 0 Å². The Bertz CT molecular complexity index is 601. The van der Waals surface area contributed by atoms with Crippen molar-refractivity contribution in [2.45, 2.75) is 32.4 Å². The highest BCUT2D eigenvalue weighted by Gasteiger charge is 2.14. The molecule has 2 rings (SSSR count). The summed E-state index contributed by atoms with van der Waals surface area (Å²) in [6, 6.07) is 9.37. The zero-order chi connectivity index (χ0) is 15.9.